The summed E-state index contributed by atoms with van der Waals surface area (Å²) in [5.74, 6) is 0. The van der Waals surface area contributed by atoms with Gasteiger partial charge in [0.2, 0.25) is 0 Å². The maximum Gasteiger partial charge on any atom is 0.0338 e. The first kappa shape index (κ1) is 16.3. The van der Waals surface area contributed by atoms with Crippen LogP contribution in [0.1, 0.15) is 59.8 Å². The number of rotatable bonds is 2. The number of halogens is 1. The Morgan fingerprint density at radius 2 is 1.95 bits per heavy atom. The topological polar surface area (TPSA) is 15.3 Å². The Kier molecular flexibility index (Phi) is 5.20. The molecular formula is C17H31ClN2. The third-order valence-corrected chi connectivity index (χ3v) is 5.58. The van der Waals surface area contributed by atoms with Crippen molar-refractivity contribution in [2.75, 3.05) is 19.6 Å². The van der Waals surface area contributed by atoms with E-state index >= 15 is 0 Å². The molecule has 2 fully saturated rings. The second kappa shape index (κ2) is 6.37. The highest BCUT2D eigenvalue weighted by molar-refractivity contribution is 6.25. The third-order valence-electron chi connectivity index (χ3n) is 5.21. The summed E-state index contributed by atoms with van der Waals surface area (Å²) in [5, 5.41) is 3.85. The summed E-state index contributed by atoms with van der Waals surface area (Å²) >= 11 is 5.92. The van der Waals surface area contributed by atoms with E-state index in [-0.39, 0.29) is 0 Å². The second-order valence-electron chi connectivity index (χ2n) is 7.92. The minimum Gasteiger partial charge on any atom is -0.310 e. The lowest BCUT2D eigenvalue weighted by molar-refractivity contribution is -0.00348. The van der Waals surface area contributed by atoms with Crippen LogP contribution in [0.4, 0.5) is 0 Å². The molecule has 1 N–H and O–H groups in total. The Bertz CT molecular complexity index is 350. The Hall–Kier alpha value is -0.0500. The summed E-state index contributed by atoms with van der Waals surface area (Å²) in [4.78, 5) is 2.73. The molecule has 1 aliphatic heterocycles. The molecule has 0 bridgehead atoms. The summed E-state index contributed by atoms with van der Waals surface area (Å²) in [7, 11) is 0. The fourth-order valence-electron chi connectivity index (χ4n) is 3.75. The molecule has 1 atom stereocenters. The van der Waals surface area contributed by atoms with Gasteiger partial charge in [0.05, 0.1) is 0 Å². The van der Waals surface area contributed by atoms with E-state index in [4.69, 9.17) is 11.6 Å². The lowest BCUT2D eigenvalue weighted by atomic mass is 9.75. The summed E-state index contributed by atoms with van der Waals surface area (Å²) in [6.45, 7) is 12.5. The molecule has 2 nitrogen and oxygen atoms in total. The van der Waals surface area contributed by atoms with Gasteiger partial charge in [0.25, 0.3) is 0 Å². The molecule has 0 aromatic carbocycles. The van der Waals surface area contributed by atoms with Gasteiger partial charge in [0, 0.05) is 36.8 Å². The zero-order valence-corrected chi connectivity index (χ0v) is 14.4. The molecule has 20 heavy (non-hydrogen) atoms. The van der Waals surface area contributed by atoms with Gasteiger partial charge in [-0.2, -0.15) is 0 Å². The fourth-order valence-corrected chi connectivity index (χ4v) is 3.82. The highest BCUT2D eigenvalue weighted by atomic mass is 35.5. The van der Waals surface area contributed by atoms with Crippen LogP contribution in [0.25, 0.3) is 0 Å². The van der Waals surface area contributed by atoms with Crippen molar-refractivity contribution in [3.63, 3.8) is 0 Å². The summed E-state index contributed by atoms with van der Waals surface area (Å²) < 4.78 is 0. The molecule has 1 saturated heterocycles. The van der Waals surface area contributed by atoms with Crippen molar-refractivity contribution in [3.05, 3.63) is 11.1 Å². The van der Waals surface area contributed by atoms with Crippen LogP contribution in [-0.2, 0) is 0 Å². The van der Waals surface area contributed by atoms with Crippen LogP contribution in [-0.4, -0.2) is 36.1 Å². The van der Waals surface area contributed by atoms with Gasteiger partial charge in [-0.05, 0) is 30.8 Å². The fraction of sp³-hybridized carbons (Fsp3) is 0.882. The molecule has 0 radical (unpaired) electrons. The molecule has 1 spiro atoms. The maximum atomic E-state index is 5.92. The number of hydrogen-bond donors (Lipinski definition) is 1. The van der Waals surface area contributed by atoms with Crippen molar-refractivity contribution in [3.8, 4) is 0 Å². The largest absolute Gasteiger partial charge is 0.310 e. The zero-order chi connectivity index (χ0) is 14.8. The smallest absolute Gasteiger partial charge is 0.0338 e. The normalized spacial score (nSPS) is 28.9. The van der Waals surface area contributed by atoms with E-state index in [1.54, 1.807) is 5.54 Å². The first-order valence-electron chi connectivity index (χ1n) is 8.12. The predicted octanol–water partition coefficient (Wildman–Crippen LogP) is 4.15. The van der Waals surface area contributed by atoms with Crippen LogP contribution in [0.3, 0.4) is 0 Å². The van der Waals surface area contributed by atoms with E-state index in [0.717, 1.165) is 19.6 Å². The molecule has 0 aromatic heterocycles. The lowest BCUT2D eigenvalue weighted by Gasteiger charge is -2.54. The van der Waals surface area contributed by atoms with E-state index < -0.39 is 0 Å². The Morgan fingerprint density at radius 3 is 2.50 bits per heavy atom. The molecule has 1 saturated carbocycles. The Morgan fingerprint density at radius 1 is 1.30 bits per heavy atom. The molecule has 1 heterocycles. The van der Waals surface area contributed by atoms with E-state index in [2.05, 4.69) is 37.9 Å². The van der Waals surface area contributed by atoms with Crippen molar-refractivity contribution >= 4 is 11.6 Å². The Balaban J connectivity index is 2.16. The van der Waals surface area contributed by atoms with E-state index in [1.807, 2.05) is 0 Å². The third kappa shape index (κ3) is 3.58. The molecule has 116 valence electrons. The molecule has 1 aliphatic carbocycles. The van der Waals surface area contributed by atoms with Crippen LogP contribution < -0.4 is 5.32 Å². The zero-order valence-electron chi connectivity index (χ0n) is 13.6. The first-order chi connectivity index (χ1) is 9.37. The average Bonchev–Trinajstić information content (AvgIpc) is 2.41. The summed E-state index contributed by atoms with van der Waals surface area (Å²) in [6, 6.07) is 0.568. The van der Waals surface area contributed by atoms with Crippen LogP contribution in [0.15, 0.2) is 11.1 Å². The predicted molar refractivity (Wildman–Crippen MR) is 88.2 cm³/mol. The SMILES string of the molecule is CC(=CCl)CN1CC(C(C)(C)C)NCC12CCCCC2. The molecule has 0 aromatic rings. The van der Waals surface area contributed by atoms with Gasteiger partial charge in [-0.1, -0.05) is 51.6 Å². The molecular weight excluding hydrogens is 268 g/mol. The molecule has 2 aliphatic rings. The first-order valence-corrected chi connectivity index (χ1v) is 8.55. The van der Waals surface area contributed by atoms with Crippen molar-refractivity contribution in [1.82, 2.24) is 10.2 Å². The van der Waals surface area contributed by atoms with Gasteiger partial charge >= 0.3 is 0 Å². The van der Waals surface area contributed by atoms with E-state index in [0.29, 0.717) is 17.0 Å². The highest BCUT2D eigenvalue weighted by Crippen LogP contribution is 2.38. The molecule has 2 rings (SSSR count). The van der Waals surface area contributed by atoms with E-state index in [9.17, 15) is 0 Å². The van der Waals surface area contributed by atoms with Gasteiger partial charge < -0.3 is 5.32 Å². The monoisotopic (exact) mass is 298 g/mol. The summed E-state index contributed by atoms with van der Waals surface area (Å²) in [6.07, 6.45) is 6.84. The van der Waals surface area contributed by atoms with Gasteiger partial charge in [0.15, 0.2) is 0 Å². The van der Waals surface area contributed by atoms with E-state index in [1.165, 1.54) is 37.7 Å². The van der Waals surface area contributed by atoms with Crippen LogP contribution in [0.2, 0.25) is 0 Å². The average molecular weight is 299 g/mol. The maximum absolute atomic E-state index is 5.92. The number of hydrogen-bond acceptors (Lipinski definition) is 2. The molecule has 1 unspecified atom stereocenters. The van der Waals surface area contributed by atoms with Crippen molar-refractivity contribution in [2.45, 2.75) is 71.4 Å². The van der Waals surface area contributed by atoms with Crippen LogP contribution in [0.5, 0.6) is 0 Å². The summed E-state index contributed by atoms with van der Waals surface area (Å²) in [5.41, 5.74) is 3.73. The van der Waals surface area contributed by atoms with Gasteiger partial charge in [0.1, 0.15) is 0 Å². The van der Waals surface area contributed by atoms with Gasteiger partial charge in [-0.3, -0.25) is 4.90 Å². The minimum atomic E-state index is 0.313. The molecule has 3 heteroatoms. The van der Waals surface area contributed by atoms with Gasteiger partial charge in [-0.15, -0.1) is 0 Å². The van der Waals surface area contributed by atoms with Crippen molar-refractivity contribution < 1.29 is 0 Å². The second-order valence-corrected chi connectivity index (χ2v) is 8.14. The van der Waals surface area contributed by atoms with Crippen LogP contribution in [0, 0.1) is 5.41 Å². The van der Waals surface area contributed by atoms with Crippen molar-refractivity contribution in [2.24, 2.45) is 5.41 Å². The highest BCUT2D eigenvalue weighted by Gasteiger charge is 2.44. The lowest BCUT2D eigenvalue weighted by Crippen LogP contribution is -2.67. The number of nitrogens with one attached hydrogen (secondary N) is 1. The quantitative estimate of drug-likeness (QED) is 0.824. The number of piperazine rings is 1. The standard InChI is InChI=1S/C17H31ClN2/c1-14(10-18)11-20-12-15(16(2,3)4)19-13-17(20)8-6-5-7-9-17/h10,15,19H,5-9,11-13H2,1-4H3. The van der Waals surface area contributed by atoms with Gasteiger partial charge in [-0.25, -0.2) is 0 Å². The Labute approximate surface area is 129 Å². The number of nitrogens with zero attached hydrogens (tertiary/aromatic N) is 1. The minimum absolute atomic E-state index is 0.313. The van der Waals surface area contributed by atoms with Crippen molar-refractivity contribution in [1.29, 1.82) is 0 Å². The van der Waals surface area contributed by atoms with Crippen LogP contribution >= 0.6 is 11.6 Å². The molecule has 0 amide bonds.